The highest BCUT2D eigenvalue weighted by atomic mass is 16.5. The Balaban J connectivity index is 0.000000671. The number of esters is 1. The number of aromatic amines is 1. The van der Waals surface area contributed by atoms with Gasteiger partial charge in [0.1, 0.15) is 5.69 Å². The molecule has 1 heterocycles. The maximum atomic E-state index is 10.9. The van der Waals surface area contributed by atoms with Crippen LogP contribution in [-0.2, 0) is 11.2 Å². The lowest BCUT2D eigenvalue weighted by atomic mass is 10.3. The minimum absolute atomic E-state index is 0.315. The fourth-order valence-corrected chi connectivity index (χ4v) is 0.876. The van der Waals surface area contributed by atoms with Crippen molar-refractivity contribution in [1.29, 1.82) is 0 Å². The molecule has 1 aromatic heterocycles. The van der Waals surface area contributed by atoms with Crippen LogP contribution >= 0.6 is 0 Å². The van der Waals surface area contributed by atoms with Crippen molar-refractivity contribution in [3.8, 4) is 0 Å². The highest BCUT2D eigenvalue weighted by Crippen LogP contribution is 2.03. The molecule has 0 bridgehead atoms. The molecule has 1 N–H and O–H groups in total. The number of hydrogen-bond donors (Lipinski definition) is 1. The molecule has 0 aliphatic carbocycles. The van der Waals surface area contributed by atoms with Crippen LogP contribution < -0.4 is 0 Å². The second kappa shape index (κ2) is 6.29. The van der Waals surface area contributed by atoms with Gasteiger partial charge < -0.3 is 9.72 Å². The lowest BCUT2D eigenvalue weighted by Gasteiger charge is -1.93. The number of nitrogens with one attached hydrogen (secondary N) is 1. The SMILES string of the molecule is CC.CCc1ccc(C(=O)OC)[nH]1. The van der Waals surface area contributed by atoms with Crippen molar-refractivity contribution in [2.24, 2.45) is 0 Å². The fourth-order valence-electron chi connectivity index (χ4n) is 0.876. The quantitative estimate of drug-likeness (QED) is 0.715. The zero-order valence-corrected chi connectivity index (χ0v) is 8.68. The normalized spacial score (nSPS) is 8.62. The van der Waals surface area contributed by atoms with Crippen LogP contribution in [0.4, 0.5) is 0 Å². The molecule has 0 spiro atoms. The van der Waals surface area contributed by atoms with Gasteiger partial charge in [-0.1, -0.05) is 20.8 Å². The van der Waals surface area contributed by atoms with E-state index in [0.717, 1.165) is 12.1 Å². The molecule has 0 radical (unpaired) electrons. The Bertz CT molecular complexity index is 253. The van der Waals surface area contributed by atoms with Gasteiger partial charge in [0.05, 0.1) is 7.11 Å². The van der Waals surface area contributed by atoms with Crippen molar-refractivity contribution in [3.05, 3.63) is 23.5 Å². The van der Waals surface area contributed by atoms with E-state index in [0.29, 0.717) is 5.69 Å². The van der Waals surface area contributed by atoms with Gasteiger partial charge in [-0.3, -0.25) is 0 Å². The van der Waals surface area contributed by atoms with Crippen LogP contribution in [0.3, 0.4) is 0 Å². The molecule has 0 amide bonds. The summed E-state index contributed by atoms with van der Waals surface area (Å²) in [6.45, 7) is 6.02. The van der Waals surface area contributed by atoms with Crippen molar-refractivity contribution in [3.63, 3.8) is 0 Å². The predicted octanol–water partition coefficient (Wildman–Crippen LogP) is 2.39. The summed E-state index contributed by atoms with van der Waals surface area (Å²) >= 11 is 0. The third-order valence-electron chi connectivity index (χ3n) is 1.53. The van der Waals surface area contributed by atoms with Gasteiger partial charge in [0.25, 0.3) is 0 Å². The average Bonchev–Trinajstić information content (AvgIpc) is 2.68. The van der Waals surface area contributed by atoms with Crippen molar-refractivity contribution in [1.82, 2.24) is 4.98 Å². The lowest BCUT2D eigenvalue weighted by Crippen LogP contribution is -2.01. The van der Waals surface area contributed by atoms with Gasteiger partial charge in [-0.15, -0.1) is 0 Å². The van der Waals surface area contributed by atoms with Crippen LogP contribution in [-0.4, -0.2) is 18.1 Å². The van der Waals surface area contributed by atoms with E-state index in [1.54, 1.807) is 6.07 Å². The van der Waals surface area contributed by atoms with E-state index >= 15 is 0 Å². The molecule has 0 saturated heterocycles. The van der Waals surface area contributed by atoms with Crippen LogP contribution in [0.1, 0.15) is 37.0 Å². The first-order valence-electron chi connectivity index (χ1n) is 4.54. The van der Waals surface area contributed by atoms with E-state index in [1.165, 1.54) is 7.11 Å². The van der Waals surface area contributed by atoms with Crippen molar-refractivity contribution in [2.75, 3.05) is 7.11 Å². The number of rotatable bonds is 2. The Morgan fingerprint density at radius 3 is 2.46 bits per heavy atom. The standard InChI is InChI=1S/C8H11NO2.C2H6/c1-3-6-4-5-7(9-6)8(10)11-2;1-2/h4-5,9H,3H2,1-2H3;1-2H3. The molecule has 0 atom stereocenters. The summed E-state index contributed by atoms with van der Waals surface area (Å²) in [5, 5.41) is 0. The van der Waals surface area contributed by atoms with Gasteiger partial charge in [0, 0.05) is 5.69 Å². The minimum Gasteiger partial charge on any atom is -0.464 e. The Hall–Kier alpha value is -1.25. The Labute approximate surface area is 79.1 Å². The van der Waals surface area contributed by atoms with Crippen LogP contribution in [0.15, 0.2) is 12.1 Å². The van der Waals surface area contributed by atoms with Crippen LogP contribution in [0.25, 0.3) is 0 Å². The van der Waals surface area contributed by atoms with Gasteiger partial charge in [0.2, 0.25) is 0 Å². The summed E-state index contributed by atoms with van der Waals surface area (Å²) in [6, 6.07) is 3.61. The first-order valence-corrected chi connectivity index (χ1v) is 4.54. The van der Waals surface area contributed by atoms with E-state index in [-0.39, 0.29) is 5.97 Å². The summed E-state index contributed by atoms with van der Waals surface area (Å²) in [5.41, 5.74) is 1.56. The topological polar surface area (TPSA) is 42.1 Å². The molecule has 0 aromatic carbocycles. The summed E-state index contributed by atoms with van der Waals surface area (Å²) < 4.78 is 4.52. The van der Waals surface area contributed by atoms with Gasteiger partial charge >= 0.3 is 5.97 Å². The van der Waals surface area contributed by atoms with E-state index in [2.05, 4.69) is 9.72 Å². The fraction of sp³-hybridized carbons (Fsp3) is 0.500. The zero-order chi connectivity index (χ0) is 10.3. The summed E-state index contributed by atoms with van der Waals surface area (Å²) in [6.07, 6.45) is 0.900. The molecule has 0 fully saturated rings. The number of aryl methyl sites for hydroxylation is 1. The number of carbonyl (C=O) groups is 1. The third-order valence-corrected chi connectivity index (χ3v) is 1.53. The Morgan fingerprint density at radius 2 is 2.08 bits per heavy atom. The molecule has 1 rings (SSSR count). The predicted molar refractivity (Wildman–Crippen MR) is 52.9 cm³/mol. The maximum absolute atomic E-state index is 10.9. The van der Waals surface area contributed by atoms with Gasteiger partial charge in [-0.05, 0) is 18.6 Å². The second-order valence-electron chi connectivity index (χ2n) is 2.24. The molecular formula is C10H17NO2. The van der Waals surface area contributed by atoms with Gasteiger partial charge in [0.15, 0.2) is 0 Å². The molecule has 3 nitrogen and oxygen atoms in total. The minimum atomic E-state index is -0.315. The highest BCUT2D eigenvalue weighted by molar-refractivity contribution is 5.87. The number of hydrogen-bond acceptors (Lipinski definition) is 2. The smallest absolute Gasteiger partial charge is 0.354 e. The molecule has 74 valence electrons. The Morgan fingerprint density at radius 1 is 1.46 bits per heavy atom. The molecule has 13 heavy (non-hydrogen) atoms. The summed E-state index contributed by atoms with van der Waals surface area (Å²) in [4.78, 5) is 13.8. The monoisotopic (exact) mass is 183 g/mol. The van der Waals surface area contributed by atoms with E-state index < -0.39 is 0 Å². The average molecular weight is 183 g/mol. The van der Waals surface area contributed by atoms with E-state index in [4.69, 9.17) is 0 Å². The number of carbonyl (C=O) groups excluding carboxylic acids is 1. The summed E-state index contributed by atoms with van der Waals surface area (Å²) in [7, 11) is 1.37. The van der Waals surface area contributed by atoms with Crippen molar-refractivity contribution < 1.29 is 9.53 Å². The van der Waals surface area contributed by atoms with Crippen LogP contribution in [0.2, 0.25) is 0 Å². The first kappa shape index (κ1) is 11.8. The molecule has 1 aromatic rings. The summed E-state index contributed by atoms with van der Waals surface area (Å²) in [5.74, 6) is -0.315. The van der Waals surface area contributed by atoms with Gasteiger partial charge in [-0.2, -0.15) is 0 Å². The number of ether oxygens (including phenoxy) is 1. The molecule has 0 unspecified atom stereocenters. The van der Waals surface area contributed by atoms with Crippen molar-refractivity contribution in [2.45, 2.75) is 27.2 Å². The largest absolute Gasteiger partial charge is 0.464 e. The lowest BCUT2D eigenvalue weighted by molar-refractivity contribution is 0.0594. The third kappa shape index (κ3) is 3.32. The number of H-pyrrole nitrogens is 1. The molecular weight excluding hydrogens is 166 g/mol. The molecule has 3 heteroatoms. The molecule has 0 aliphatic rings. The number of aromatic nitrogens is 1. The maximum Gasteiger partial charge on any atom is 0.354 e. The van der Waals surface area contributed by atoms with Crippen LogP contribution in [0.5, 0.6) is 0 Å². The highest BCUT2D eigenvalue weighted by Gasteiger charge is 2.05. The molecule has 0 saturated carbocycles. The second-order valence-corrected chi connectivity index (χ2v) is 2.24. The van der Waals surface area contributed by atoms with Gasteiger partial charge in [-0.25, -0.2) is 4.79 Å². The molecule has 0 aliphatic heterocycles. The van der Waals surface area contributed by atoms with Crippen molar-refractivity contribution >= 4 is 5.97 Å². The van der Waals surface area contributed by atoms with Crippen LogP contribution in [0, 0.1) is 0 Å². The Kier molecular flexibility index (Phi) is 5.68. The zero-order valence-electron chi connectivity index (χ0n) is 8.68. The van der Waals surface area contributed by atoms with E-state index in [9.17, 15) is 4.79 Å². The number of methoxy groups -OCH3 is 1. The van der Waals surface area contributed by atoms with E-state index in [1.807, 2.05) is 26.8 Å². The first-order chi connectivity index (χ1) is 6.27.